The number of rotatable bonds is 3. The van der Waals surface area contributed by atoms with Crippen LogP contribution in [0.4, 0.5) is 0 Å². The van der Waals surface area contributed by atoms with Gasteiger partial charge < -0.3 is 10.4 Å². The number of nitrogens with one attached hydrogen (secondary N) is 1. The zero-order valence-corrected chi connectivity index (χ0v) is 9.53. The summed E-state index contributed by atoms with van der Waals surface area (Å²) in [5.74, 6) is -0.181. The van der Waals surface area contributed by atoms with Gasteiger partial charge in [-0.1, -0.05) is 0 Å². The number of aliphatic hydroxyl groups is 1. The molecular weight excluding hydrogens is 194 g/mol. The van der Waals surface area contributed by atoms with Crippen molar-refractivity contribution in [2.75, 3.05) is 6.54 Å². The third kappa shape index (κ3) is 2.56. The lowest BCUT2D eigenvalue weighted by Crippen LogP contribution is -2.31. The fraction of sp³-hybridized carbons (Fsp3) is 0.600. The highest BCUT2D eigenvalue weighted by Crippen LogP contribution is 2.11. The molecule has 0 aliphatic rings. The number of carbonyl (C=O) groups excluding carboxylic acids is 1. The van der Waals surface area contributed by atoms with Gasteiger partial charge in [-0.15, -0.1) is 0 Å². The normalized spacial score (nSPS) is 12.6. The molecule has 0 aliphatic heterocycles. The van der Waals surface area contributed by atoms with E-state index in [0.717, 1.165) is 5.69 Å². The van der Waals surface area contributed by atoms with Crippen LogP contribution in [0.2, 0.25) is 0 Å². The van der Waals surface area contributed by atoms with Crippen LogP contribution in [0.5, 0.6) is 0 Å². The summed E-state index contributed by atoms with van der Waals surface area (Å²) in [4.78, 5) is 11.7. The minimum Gasteiger partial charge on any atom is -0.392 e. The molecule has 2 N–H and O–H groups in total. The third-order valence-electron chi connectivity index (χ3n) is 2.29. The van der Waals surface area contributed by atoms with Gasteiger partial charge in [-0.3, -0.25) is 9.48 Å². The van der Waals surface area contributed by atoms with Crippen molar-refractivity contribution in [2.24, 2.45) is 7.05 Å². The van der Waals surface area contributed by atoms with E-state index >= 15 is 0 Å². The zero-order chi connectivity index (χ0) is 11.6. The standard InChI is InChI=1S/C10H17N3O2/c1-6(14)5-11-10(15)9-7(2)12-13(4)8(9)3/h6,14H,5H2,1-4H3,(H,11,15)/t6-/m0/s1. The number of aryl methyl sites for hydroxylation is 2. The molecule has 1 atom stereocenters. The second-order valence-electron chi connectivity index (χ2n) is 3.73. The van der Waals surface area contributed by atoms with E-state index in [1.807, 2.05) is 6.92 Å². The van der Waals surface area contributed by atoms with Crippen LogP contribution in [0.15, 0.2) is 0 Å². The average molecular weight is 211 g/mol. The molecule has 1 amide bonds. The Kier molecular flexibility index (Phi) is 3.47. The summed E-state index contributed by atoms with van der Waals surface area (Å²) >= 11 is 0. The summed E-state index contributed by atoms with van der Waals surface area (Å²) in [6, 6.07) is 0. The summed E-state index contributed by atoms with van der Waals surface area (Å²) in [6.45, 7) is 5.53. The highest BCUT2D eigenvalue weighted by atomic mass is 16.3. The average Bonchev–Trinajstić information content (AvgIpc) is 2.37. The number of aliphatic hydroxyl groups excluding tert-OH is 1. The second-order valence-corrected chi connectivity index (χ2v) is 3.73. The zero-order valence-electron chi connectivity index (χ0n) is 9.53. The molecule has 0 spiro atoms. The van der Waals surface area contributed by atoms with Crippen LogP contribution < -0.4 is 5.32 Å². The maximum absolute atomic E-state index is 11.7. The molecule has 0 saturated heterocycles. The molecule has 0 bridgehead atoms. The van der Waals surface area contributed by atoms with Crippen LogP contribution in [-0.2, 0) is 7.05 Å². The minimum absolute atomic E-state index is 0.181. The Morgan fingerprint density at radius 3 is 2.60 bits per heavy atom. The van der Waals surface area contributed by atoms with Crippen LogP contribution in [0.25, 0.3) is 0 Å². The van der Waals surface area contributed by atoms with Gasteiger partial charge in [0, 0.05) is 19.3 Å². The van der Waals surface area contributed by atoms with Crippen molar-refractivity contribution in [3.63, 3.8) is 0 Å². The fourth-order valence-electron chi connectivity index (χ4n) is 1.43. The van der Waals surface area contributed by atoms with E-state index < -0.39 is 6.10 Å². The summed E-state index contributed by atoms with van der Waals surface area (Å²) < 4.78 is 1.67. The first-order valence-electron chi connectivity index (χ1n) is 4.90. The molecule has 0 aliphatic carbocycles. The first-order valence-corrected chi connectivity index (χ1v) is 4.90. The summed E-state index contributed by atoms with van der Waals surface area (Å²) in [6.07, 6.45) is -0.536. The van der Waals surface area contributed by atoms with E-state index in [0.29, 0.717) is 11.3 Å². The van der Waals surface area contributed by atoms with E-state index in [9.17, 15) is 4.79 Å². The SMILES string of the molecule is Cc1nn(C)c(C)c1C(=O)NC[C@H](C)O. The van der Waals surface area contributed by atoms with Gasteiger partial charge >= 0.3 is 0 Å². The first-order chi connectivity index (χ1) is 6.93. The molecule has 0 unspecified atom stereocenters. The van der Waals surface area contributed by atoms with Crippen molar-refractivity contribution in [2.45, 2.75) is 26.9 Å². The van der Waals surface area contributed by atoms with Crippen molar-refractivity contribution in [3.8, 4) is 0 Å². The smallest absolute Gasteiger partial charge is 0.255 e. The Bertz CT molecular complexity index is 369. The number of nitrogens with zero attached hydrogens (tertiary/aromatic N) is 2. The number of hydrogen-bond acceptors (Lipinski definition) is 3. The Morgan fingerprint density at radius 2 is 2.20 bits per heavy atom. The van der Waals surface area contributed by atoms with E-state index in [1.54, 1.807) is 25.6 Å². The number of amides is 1. The third-order valence-corrected chi connectivity index (χ3v) is 2.29. The van der Waals surface area contributed by atoms with Gasteiger partial charge in [0.05, 0.1) is 17.4 Å². The molecule has 1 rings (SSSR count). The van der Waals surface area contributed by atoms with Gasteiger partial charge in [0.2, 0.25) is 0 Å². The molecule has 0 radical (unpaired) electrons. The van der Waals surface area contributed by atoms with Gasteiger partial charge in [0.25, 0.3) is 5.91 Å². The van der Waals surface area contributed by atoms with Crippen LogP contribution in [0.1, 0.15) is 28.7 Å². The molecule has 5 nitrogen and oxygen atoms in total. The maximum Gasteiger partial charge on any atom is 0.255 e. The summed E-state index contributed by atoms with van der Waals surface area (Å²) in [7, 11) is 1.80. The number of aromatic nitrogens is 2. The van der Waals surface area contributed by atoms with Crippen LogP contribution >= 0.6 is 0 Å². The fourth-order valence-corrected chi connectivity index (χ4v) is 1.43. The van der Waals surface area contributed by atoms with Gasteiger partial charge in [-0.2, -0.15) is 5.10 Å². The molecule has 1 aromatic heterocycles. The largest absolute Gasteiger partial charge is 0.392 e. The minimum atomic E-state index is -0.536. The molecule has 0 saturated carbocycles. The molecular formula is C10H17N3O2. The molecule has 1 aromatic rings. The molecule has 84 valence electrons. The Balaban J connectivity index is 2.82. The Hall–Kier alpha value is -1.36. The lowest BCUT2D eigenvalue weighted by atomic mass is 10.2. The number of carbonyl (C=O) groups is 1. The van der Waals surface area contributed by atoms with Crippen molar-refractivity contribution >= 4 is 5.91 Å². The predicted molar refractivity (Wildman–Crippen MR) is 56.7 cm³/mol. The highest BCUT2D eigenvalue weighted by molar-refractivity contribution is 5.96. The Morgan fingerprint density at radius 1 is 1.60 bits per heavy atom. The van der Waals surface area contributed by atoms with Gasteiger partial charge in [-0.25, -0.2) is 0 Å². The van der Waals surface area contributed by atoms with Gasteiger partial charge in [0.15, 0.2) is 0 Å². The molecule has 0 fully saturated rings. The quantitative estimate of drug-likeness (QED) is 0.747. The van der Waals surface area contributed by atoms with Crippen molar-refractivity contribution < 1.29 is 9.90 Å². The summed E-state index contributed by atoms with van der Waals surface area (Å²) in [5, 5.41) is 15.9. The van der Waals surface area contributed by atoms with Crippen molar-refractivity contribution in [1.82, 2.24) is 15.1 Å². The van der Waals surface area contributed by atoms with Gasteiger partial charge in [0.1, 0.15) is 0 Å². The van der Waals surface area contributed by atoms with Crippen LogP contribution in [-0.4, -0.2) is 33.4 Å². The lowest BCUT2D eigenvalue weighted by Gasteiger charge is -2.07. The molecule has 15 heavy (non-hydrogen) atoms. The maximum atomic E-state index is 11.7. The molecule has 1 heterocycles. The molecule has 0 aromatic carbocycles. The lowest BCUT2D eigenvalue weighted by molar-refractivity contribution is 0.0922. The number of hydrogen-bond donors (Lipinski definition) is 2. The van der Waals surface area contributed by atoms with Crippen molar-refractivity contribution in [3.05, 3.63) is 17.0 Å². The predicted octanol–water partition coefficient (Wildman–Crippen LogP) is 0.148. The highest BCUT2D eigenvalue weighted by Gasteiger charge is 2.16. The summed E-state index contributed by atoms with van der Waals surface area (Å²) in [5.41, 5.74) is 2.13. The van der Waals surface area contributed by atoms with E-state index in [4.69, 9.17) is 5.11 Å². The second kappa shape index (κ2) is 4.44. The monoisotopic (exact) mass is 211 g/mol. The molecule has 5 heteroatoms. The van der Waals surface area contributed by atoms with E-state index in [-0.39, 0.29) is 12.5 Å². The van der Waals surface area contributed by atoms with E-state index in [2.05, 4.69) is 10.4 Å². The first kappa shape index (κ1) is 11.7. The van der Waals surface area contributed by atoms with Crippen molar-refractivity contribution in [1.29, 1.82) is 0 Å². The Labute approximate surface area is 89.1 Å². The topological polar surface area (TPSA) is 67.2 Å². The van der Waals surface area contributed by atoms with Crippen LogP contribution in [0.3, 0.4) is 0 Å². The van der Waals surface area contributed by atoms with Crippen LogP contribution in [0, 0.1) is 13.8 Å². The van der Waals surface area contributed by atoms with Gasteiger partial charge in [-0.05, 0) is 20.8 Å². The van der Waals surface area contributed by atoms with E-state index in [1.165, 1.54) is 0 Å².